The second-order valence-electron chi connectivity index (χ2n) is 9.23. The molecule has 0 aliphatic heterocycles. The second-order valence-corrected chi connectivity index (χ2v) is 9.23. The van der Waals surface area contributed by atoms with Crippen molar-refractivity contribution in [2.24, 2.45) is 11.7 Å². The van der Waals surface area contributed by atoms with Gasteiger partial charge in [-0.15, -0.1) is 0 Å². The predicted octanol–water partition coefficient (Wildman–Crippen LogP) is 5.24. The first-order chi connectivity index (χ1) is 16.2. The Bertz CT molecular complexity index is 1070. The van der Waals surface area contributed by atoms with Gasteiger partial charge in [0.2, 0.25) is 5.91 Å². The topological polar surface area (TPSA) is 51.9 Å². The molecule has 1 saturated carbocycles. The molecule has 1 aliphatic rings. The van der Waals surface area contributed by atoms with Crippen LogP contribution in [0.15, 0.2) is 73.1 Å². The van der Waals surface area contributed by atoms with E-state index in [1.165, 1.54) is 0 Å². The van der Waals surface area contributed by atoms with E-state index in [0.29, 0.717) is 6.54 Å². The Morgan fingerprint density at radius 2 is 1.62 bits per heavy atom. The Labute approximate surface area is 198 Å². The zero-order chi connectivity index (χ0) is 24.3. The molecule has 2 atom stereocenters. The average molecular weight is 471 g/mol. The molecule has 3 aromatic rings. The minimum absolute atomic E-state index is 0.000259. The van der Waals surface area contributed by atoms with Crippen molar-refractivity contribution in [1.29, 1.82) is 0 Å². The van der Waals surface area contributed by atoms with Crippen LogP contribution in [0.25, 0.3) is 0 Å². The van der Waals surface area contributed by atoms with Crippen LogP contribution >= 0.6 is 0 Å². The highest BCUT2D eigenvalue weighted by molar-refractivity contribution is 5.91. The van der Waals surface area contributed by atoms with Crippen LogP contribution in [-0.4, -0.2) is 16.7 Å². The molecule has 2 aromatic carbocycles. The van der Waals surface area contributed by atoms with E-state index >= 15 is 0 Å². The van der Waals surface area contributed by atoms with Gasteiger partial charge in [0, 0.05) is 13.3 Å². The van der Waals surface area contributed by atoms with Crippen LogP contribution in [0.3, 0.4) is 0 Å². The molecule has 1 aromatic heterocycles. The summed E-state index contributed by atoms with van der Waals surface area (Å²) in [4.78, 5) is 13.2. The van der Waals surface area contributed by atoms with Gasteiger partial charge in [-0.2, -0.15) is 13.2 Å². The van der Waals surface area contributed by atoms with Gasteiger partial charge in [-0.3, -0.25) is 4.79 Å². The van der Waals surface area contributed by atoms with Gasteiger partial charge in [0.1, 0.15) is 23.9 Å². The van der Waals surface area contributed by atoms with E-state index < -0.39 is 18.0 Å². The number of aromatic nitrogens is 2. The van der Waals surface area contributed by atoms with Crippen molar-refractivity contribution >= 4 is 5.91 Å². The lowest BCUT2D eigenvalue weighted by Crippen LogP contribution is -2.47. The summed E-state index contributed by atoms with van der Waals surface area (Å²) in [5.41, 5.74) is 7.03. The maximum atomic E-state index is 13.2. The standard InChI is InChI=1S/C27H30F3N3O/c1-20-32(16-8-15-26(28,29)30)17-18-33(20)24-14-13-23(19-24)27(25(31)34,21-9-4-2-5-10-21)22-11-6-3-7-12-22/h2-7,9-12,17-18,23-24H,8,13-16,19H2,1H3,(H-,31,34)/p+1/t23-,24+/m1/s1. The molecule has 7 heteroatoms. The summed E-state index contributed by atoms with van der Waals surface area (Å²) < 4.78 is 41.7. The van der Waals surface area contributed by atoms with Gasteiger partial charge < -0.3 is 5.73 Å². The summed E-state index contributed by atoms with van der Waals surface area (Å²) in [5, 5.41) is 0. The molecule has 1 amide bonds. The number of halogens is 3. The lowest BCUT2D eigenvalue weighted by Gasteiger charge is -2.37. The zero-order valence-corrected chi connectivity index (χ0v) is 19.3. The summed E-state index contributed by atoms with van der Waals surface area (Å²) in [6.07, 6.45) is 1.39. The molecule has 0 saturated heterocycles. The number of primary amides is 1. The fraction of sp³-hybridized carbons (Fsp3) is 0.407. The van der Waals surface area contributed by atoms with E-state index in [-0.39, 0.29) is 24.3 Å². The van der Waals surface area contributed by atoms with Crippen LogP contribution in [0.5, 0.6) is 0 Å². The zero-order valence-electron chi connectivity index (χ0n) is 19.3. The van der Waals surface area contributed by atoms with Crippen LogP contribution in [-0.2, 0) is 16.8 Å². The number of hydrogen-bond acceptors (Lipinski definition) is 1. The van der Waals surface area contributed by atoms with Crippen molar-refractivity contribution in [2.45, 2.75) is 63.2 Å². The van der Waals surface area contributed by atoms with Crippen LogP contribution in [0.2, 0.25) is 0 Å². The largest absolute Gasteiger partial charge is 0.389 e. The van der Waals surface area contributed by atoms with E-state index in [9.17, 15) is 18.0 Å². The molecule has 180 valence electrons. The van der Waals surface area contributed by atoms with E-state index in [0.717, 1.165) is 36.2 Å². The molecule has 1 heterocycles. The quantitative estimate of drug-likeness (QED) is 0.450. The first-order valence-corrected chi connectivity index (χ1v) is 11.8. The molecule has 4 rings (SSSR count). The Kier molecular flexibility index (Phi) is 6.82. The van der Waals surface area contributed by atoms with Crippen LogP contribution in [0.1, 0.15) is 55.1 Å². The lowest BCUT2D eigenvalue weighted by atomic mass is 9.64. The third kappa shape index (κ3) is 4.61. The molecular weight excluding hydrogens is 439 g/mol. The van der Waals surface area contributed by atoms with Crippen LogP contribution < -0.4 is 10.3 Å². The Hall–Kier alpha value is -3.09. The SMILES string of the molecule is Cc1n([C@H]2CC[C@@H](C(C(N)=O)(c3ccccc3)c3ccccc3)C2)cc[n+]1CCCC(F)(F)F. The monoisotopic (exact) mass is 470 g/mol. The number of benzene rings is 2. The lowest BCUT2D eigenvalue weighted by molar-refractivity contribution is -0.703. The normalized spacial score (nSPS) is 18.8. The van der Waals surface area contributed by atoms with E-state index in [4.69, 9.17) is 5.73 Å². The Balaban J connectivity index is 1.62. The van der Waals surface area contributed by atoms with Crippen molar-refractivity contribution in [3.8, 4) is 0 Å². The highest BCUT2D eigenvalue weighted by Gasteiger charge is 2.51. The molecule has 0 unspecified atom stereocenters. The van der Waals surface area contributed by atoms with Gasteiger partial charge >= 0.3 is 6.18 Å². The summed E-state index contributed by atoms with van der Waals surface area (Å²) in [7, 11) is 0. The van der Waals surface area contributed by atoms with Gasteiger partial charge in [0.15, 0.2) is 0 Å². The highest BCUT2D eigenvalue weighted by Crippen LogP contribution is 2.49. The summed E-state index contributed by atoms with van der Waals surface area (Å²) >= 11 is 0. The number of hydrogen-bond donors (Lipinski definition) is 1. The van der Waals surface area contributed by atoms with Gasteiger partial charge in [-0.25, -0.2) is 9.13 Å². The fourth-order valence-electron chi connectivity index (χ4n) is 5.72. The first-order valence-electron chi connectivity index (χ1n) is 11.8. The van der Waals surface area contributed by atoms with Gasteiger partial charge in [-0.1, -0.05) is 60.7 Å². The molecule has 1 aliphatic carbocycles. The Morgan fingerprint density at radius 3 is 2.15 bits per heavy atom. The van der Waals surface area contributed by atoms with Crippen molar-refractivity contribution in [3.63, 3.8) is 0 Å². The maximum Gasteiger partial charge on any atom is 0.389 e. The molecule has 1 fully saturated rings. The molecule has 0 bridgehead atoms. The minimum atomic E-state index is -4.14. The number of carbonyl (C=O) groups is 1. The molecule has 2 N–H and O–H groups in total. The number of nitrogens with two attached hydrogens (primary N) is 1. The van der Waals surface area contributed by atoms with Gasteiger partial charge in [-0.05, 0) is 42.7 Å². The van der Waals surface area contributed by atoms with E-state index in [1.54, 1.807) is 0 Å². The number of amides is 1. The van der Waals surface area contributed by atoms with Crippen molar-refractivity contribution in [2.75, 3.05) is 0 Å². The average Bonchev–Trinajstić information content (AvgIpc) is 3.42. The number of nitrogens with zero attached hydrogens (tertiary/aromatic N) is 2. The van der Waals surface area contributed by atoms with Crippen molar-refractivity contribution in [1.82, 2.24) is 4.57 Å². The number of aryl methyl sites for hydroxylation is 1. The van der Waals surface area contributed by atoms with Gasteiger partial charge in [0.05, 0.1) is 6.54 Å². The fourth-order valence-corrected chi connectivity index (χ4v) is 5.72. The second kappa shape index (κ2) is 9.65. The summed E-state index contributed by atoms with van der Waals surface area (Å²) in [6, 6.07) is 19.6. The van der Waals surface area contributed by atoms with Crippen molar-refractivity contribution in [3.05, 3.63) is 90.0 Å². The number of alkyl halides is 3. The predicted molar refractivity (Wildman–Crippen MR) is 124 cm³/mol. The molecular formula is C27H31F3N3O+. The maximum absolute atomic E-state index is 13.2. The van der Waals surface area contributed by atoms with Crippen LogP contribution in [0, 0.1) is 12.8 Å². The summed E-state index contributed by atoms with van der Waals surface area (Å²) in [6.45, 7) is 2.27. The molecule has 0 radical (unpaired) electrons. The molecule has 34 heavy (non-hydrogen) atoms. The number of imidazole rings is 1. The van der Waals surface area contributed by atoms with Gasteiger partial charge in [0.25, 0.3) is 5.82 Å². The van der Waals surface area contributed by atoms with E-state index in [2.05, 4.69) is 4.57 Å². The number of carbonyl (C=O) groups excluding carboxylic acids is 1. The number of rotatable bonds is 8. The first kappa shape index (κ1) is 24.0. The van der Waals surface area contributed by atoms with E-state index in [1.807, 2.05) is 84.5 Å². The van der Waals surface area contributed by atoms with Crippen LogP contribution in [0.4, 0.5) is 13.2 Å². The van der Waals surface area contributed by atoms with Crippen molar-refractivity contribution < 1.29 is 22.5 Å². The highest BCUT2D eigenvalue weighted by atomic mass is 19.4. The minimum Gasteiger partial charge on any atom is -0.369 e. The summed E-state index contributed by atoms with van der Waals surface area (Å²) in [5.74, 6) is 0.569. The molecule has 4 nitrogen and oxygen atoms in total. The molecule has 0 spiro atoms. The third-order valence-electron chi connectivity index (χ3n) is 7.31. The third-order valence-corrected chi connectivity index (χ3v) is 7.31. The smallest absolute Gasteiger partial charge is 0.369 e. The Morgan fingerprint density at radius 1 is 1.03 bits per heavy atom.